The molecule has 4 aromatic rings. The number of likely N-dealkylation sites (N-methyl/N-ethyl adjacent to an activating group) is 1. The van der Waals surface area contributed by atoms with Gasteiger partial charge in [-0.1, -0.05) is 71.7 Å². The van der Waals surface area contributed by atoms with Crippen LogP contribution in [0.4, 0.5) is 11.4 Å². The summed E-state index contributed by atoms with van der Waals surface area (Å²) in [5.41, 5.74) is 1.56. The highest BCUT2D eigenvalue weighted by Gasteiger charge is 2.32. The van der Waals surface area contributed by atoms with Crippen molar-refractivity contribution in [1.29, 1.82) is 0 Å². The number of carbonyl (C=O) groups is 3. The minimum Gasteiger partial charge on any atom is -0.348 e. The Morgan fingerprint density at radius 2 is 1.61 bits per heavy atom. The van der Waals surface area contributed by atoms with E-state index in [2.05, 4.69) is 26.1 Å². The lowest BCUT2D eigenvalue weighted by Crippen LogP contribution is -2.46. The lowest BCUT2D eigenvalue weighted by molar-refractivity contribution is -0.111. The van der Waals surface area contributed by atoms with Crippen molar-refractivity contribution in [2.24, 2.45) is 0 Å². The number of halogens is 2. The molecule has 49 heavy (non-hydrogen) atoms. The van der Waals surface area contributed by atoms with Crippen LogP contribution in [-0.4, -0.2) is 85.3 Å². The zero-order chi connectivity index (χ0) is 35.1. The number of benzene rings is 3. The molecule has 1 aromatic heterocycles. The molecule has 0 aliphatic carbocycles. The zero-order valence-corrected chi connectivity index (χ0v) is 29.1. The fourth-order valence-corrected chi connectivity index (χ4v) is 7.34. The Morgan fingerprint density at radius 3 is 2.29 bits per heavy atom. The largest absolute Gasteiger partial charge is 0.348 e. The molecule has 12 nitrogen and oxygen atoms in total. The number of aromatic amines is 1. The Labute approximate surface area is 294 Å². The van der Waals surface area contributed by atoms with Crippen molar-refractivity contribution < 1.29 is 22.8 Å². The molecule has 0 saturated carbocycles. The number of H-pyrrole nitrogens is 1. The van der Waals surface area contributed by atoms with Gasteiger partial charge in [-0.25, -0.2) is 8.42 Å². The Kier molecular flexibility index (Phi) is 11.5. The predicted octanol–water partition coefficient (Wildman–Crippen LogP) is 5.28. The second-order valence-electron chi connectivity index (χ2n) is 11.6. The smallest absolute Gasteiger partial charge is 0.271 e. The minimum atomic E-state index is -3.87. The van der Waals surface area contributed by atoms with Crippen molar-refractivity contribution in [3.63, 3.8) is 0 Å². The van der Waals surface area contributed by atoms with Gasteiger partial charge in [0.2, 0.25) is 15.9 Å². The van der Waals surface area contributed by atoms with E-state index in [-0.39, 0.29) is 56.9 Å². The summed E-state index contributed by atoms with van der Waals surface area (Å²) in [6.45, 7) is 0.902. The second-order valence-corrected chi connectivity index (χ2v) is 14.3. The zero-order valence-electron chi connectivity index (χ0n) is 26.7. The van der Waals surface area contributed by atoms with E-state index in [1.807, 2.05) is 25.1 Å². The van der Waals surface area contributed by atoms with Crippen LogP contribution in [0.2, 0.25) is 10.0 Å². The number of carbonyl (C=O) groups excluding carboxylic acids is 3. The van der Waals surface area contributed by atoms with E-state index in [1.54, 1.807) is 48.5 Å². The van der Waals surface area contributed by atoms with E-state index in [1.165, 1.54) is 34.6 Å². The third-order valence-corrected chi connectivity index (χ3v) is 10.3. The number of nitrogens with one attached hydrogen (secondary N) is 4. The number of hydrogen-bond donors (Lipinski definition) is 4. The molecule has 0 radical (unpaired) electrons. The average molecular weight is 725 g/mol. The van der Waals surface area contributed by atoms with E-state index < -0.39 is 21.8 Å². The van der Waals surface area contributed by atoms with Gasteiger partial charge >= 0.3 is 0 Å². The van der Waals surface area contributed by atoms with Gasteiger partial charge in [-0.2, -0.15) is 9.40 Å². The molecule has 2 heterocycles. The monoisotopic (exact) mass is 723 g/mol. The third-order valence-electron chi connectivity index (χ3n) is 7.74. The summed E-state index contributed by atoms with van der Waals surface area (Å²) in [5, 5.41) is 15.8. The molecular formula is C34H35Cl2N7O5S. The van der Waals surface area contributed by atoms with Gasteiger partial charge in [0, 0.05) is 43.0 Å². The van der Waals surface area contributed by atoms with E-state index in [0.717, 1.165) is 0 Å². The van der Waals surface area contributed by atoms with Crippen LogP contribution >= 0.6 is 23.2 Å². The average Bonchev–Trinajstić information content (AvgIpc) is 3.48. The molecule has 256 valence electrons. The Hall–Kier alpha value is -4.53. The highest BCUT2D eigenvalue weighted by Crippen LogP contribution is 2.32. The molecule has 0 spiro atoms. The minimum absolute atomic E-state index is 0.0147. The van der Waals surface area contributed by atoms with Crippen molar-refractivity contribution in [2.75, 3.05) is 44.4 Å². The maximum atomic E-state index is 13.6. The highest BCUT2D eigenvalue weighted by atomic mass is 35.5. The van der Waals surface area contributed by atoms with Crippen LogP contribution in [0.1, 0.15) is 33.7 Å². The lowest BCUT2D eigenvalue weighted by atomic mass is 10.1. The van der Waals surface area contributed by atoms with Gasteiger partial charge in [-0.15, -0.1) is 0 Å². The standard InChI is InChI=1S/C34H35Cl2N7O5S/c1-42(2)18-8-15-28(44)37-24-11-6-12-25(21-24)49(47,48)43-19-16-23(17-20-43)38-34(46)32-31(30(40-41-32)22-9-4-3-5-10-22)39-33(45)29-26(35)13-7-14-27(29)36/h3-15,21,23H,16-20H2,1-2H3,(H,37,44)(H,38,46)(H,39,45)(H,40,41). The summed E-state index contributed by atoms with van der Waals surface area (Å²) in [6, 6.07) is 19.5. The molecule has 0 bridgehead atoms. The van der Waals surface area contributed by atoms with Crippen LogP contribution < -0.4 is 16.0 Å². The Balaban J connectivity index is 1.27. The van der Waals surface area contributed by atoms with E-state index in [0.29, 0.717) is 36.3 Å². The fraction of sp³-hybridized carbons (Fsp3) is 0.235. The molecule has 3 aromatic carbocycles. The third kappa shape index (κ3) is 8.74. The SMILES string of the molecule is CN(C)CC=CC(=O)Nc1cccc(S(=O)(=O)N2CCC(NC(=O)c3[nH]nc(-c4ccccc4)c3NC(=O)c3c(Cl)cccc3Cl)CC2)c1. The van der Waals surface area contributed by atoms with Crippen molar-refractivity contribution in [2.45, 2.75) is 23.8 Å². The summed E-state index contributed by atoms with van der Waals surface area (Å²) in [7, 11) is -0.110. The highest BCUT2D eigenvalue weighted by molar-refractivity contribution is 7.89. The molecular weight excluding hydrogens is 689 g/mol. The number of rotatable bonds is 11. The number of piperidine rings is 1. The van der Waals surface area contributed by atoms with Crippen LogP contribution in [0.5, 0.6) is 0 Å². The van der Waals surface area contributed by atoms with Gasteiger partial charge < -0.3 is 20.9 Å². The molecule has 3 amide bonds. The Bertz CT molecular complexity index is 1960. The Morgan fingerprint density at radius 1 is 0.939 bits per heavy atom. The number of sulfonamides is 1. The topological polar surface area (TPSA) is 157 Å². The molecule has 1 fully saturated rings. The summed E-state index contributed by atoms with van der Waals surface area (Å²) in [4.78, 5) is 41.2. The van der Waals surface area contributed by atoms with Crippen LogP contribution in [0, 0.1) is 0 Å². The summed E-state index contributed by atoms with van der Waals surface area (Å²) in [5.74, 6) is -1.51. The van der Waals surface area contributed by atoms with Crippen molar-refractivity contribution >= 4 is 62.3 Å². The van der Waals surface area contributed by atoms with Crippen molar-refractivity contribution in [1.82, 2.24) is 24.7 Å². The summed E-state index contributed by atoms with van der Waals surface area (Å²) < 4.78 is 28.4. The first kappa shape index (κ1) is 35.8. The first-order valence-corrected chi connectivity index (χ1v) is 17.6. The first-order valence-electron chi connectivity index (χ1n) is 15.4. The van der Waals surface area contributed by atoms with Gasteiger partial charge in [0.15, 0.2) is 0 Å². The van der Waals surface area contributed by atoms with E-state index in [9.17, 15) is 22.8 Å². The molecule has 0 unspecified atom stereocenters. The maximum absolute atomic E-state index is 13.6. The van der Waals surface area contributed by atoms with Gasteiger partial charge in [0.05, 0.1) is 20.5 Å². The fourth-order valence-electron chi connectivity index (χ4n) is 5.26. The number of hydrogen-bond acceptors (Lipinski definition) is 7. The van der Waals surface area contributed by atoms with Crippen LogP contribution in [0.3, 0.4) is 0 Å². The molecule has 4 N–H and O–H groups in total. The number of amides is 3. The maximum Gasteiger partial charge on any atom is 0.271 e. The molecule has 0 atom stereocenters. The number of aromatic nitrogens is 2. The molecule has 1 aliphatic heterocycles. The van der Waals surface area contributed by atoms with Crippen LogP contribution in [-0.2, 0) is 14.8 Å². The number of nitrogens with zero attached hydrogens (tertiary/aromatic N) is 3. The van der Waals surface area contributed by atoms with Crippen LogP contribution in [0.15, 0.2) is 89.8 Å². The second kappa shape index (κ2) is 15.8. The van der Waals surface area contributed by atoms with E-state index in [4.69, 9.17) is 23.2 Å². The summed E-state index contributed by atoms with van der Waals surface area (Å²) >= 11 is 12.5. The van der Waals surface area contributed by atoms with E-state index >= 15 is 0 Å². The van der Waals surface area contributed by atoms with Gasteiger partial charge in [-0.05, 0) is 57.3 Å². The molecule has 1 saturated heterocycles. The molecule has 5 rings (SSSR count). The summed E-state index contributed by atoms with van der Waals surface area (Å²) in [6.07, 6.45) is 3.79. The van der Waals surface area contributed by atoms with Crippen molar-refractivity contribution in [3.8, 4) is 11.3 Å². The lowest BCUT2D eigenvalue weighted by Gasteiger charge is -2.31. The predicted molar refractivity (Wildman–Crippen MR) is 190 cm³/mol. The quantitative estimate of drug-likeness (QED) is 0.154. The molecule has 1 aliphatic rings. The number of anilines is 2. The van der Waals surface area contributed by atoms with Crippen LogP contribution in [0.25, 0.3) is 11.3 Å². The first-order chi connectivity index (χ1) is 23.4. The van der Waals surface area contributed by atoms with Gasteiger partial charge in [0.25, 0.3) is 11.8 Å². The molecule has 15 heteroatoms. The van der Waals surface area contributed by atoms with Gasteiger partial charge in [-0.3, -0.25) is 19.5 Å². The van der Waals surface area contributed by atoms with Crippen molar-refractivity contribution in [3.05, 3.63) is 106 Å². The normalized spacial score (nSPS) is 14.2. The van der Waals surface area contributed by atoms with Gasteiger partial charge in [0.1, 0.15) is 17.1 Å².